The zero-order valence-corrected chi connectivity index (χ0v) is 16.2. The minimum atomic E-state index is -0.249. The third kappa shape index (κ3) is 5.77. The highest BCUT2D eigenvalue weighted by molar-refractivity contribution is 5.84. The van der Waals surface area contributed by atoms with Crippen molar-refractivity contribution < 1.29 is 23.7 Å². The molecule has 0 heterocycles. The van der Waals surface area contributed by atoms with Gasteiger partial charge in [-0.15, -0.1) is 0 Å². The first-order valence-electron chi connectivity index (χ1n) is 8.55. The molecule has 7 heteroatoms. The van der Waals surface area contributed by atoms with Crippen molar-refractivity contribution in [1.82, 2.24) is 5.43 Å². The lowest BCUT2D eigenvalue weighted by atomic mass is 10.1. The van der Waals surface area contributed by atoms with E-state index < -0.39 is 0 Å². The van der Waals surface area contributed by atoms with E-state index in [0.29, 0.717) is 29.6 Å². The summed E-state index contributed by atoms with van der Waals surface area (Å²) in [5.74, 6) is 2.11. The van der Waals surface area contributed by atoms with Gasteiger partial charge in [-0.3, -0.25) is 4.79 Å². The molecular formula is C21H24N2O5. The van der Waals surface area contributed by atoms with E-state index in [4.69, 9.17) is 18.9 Å². The predicted octanol–water partition coefficient (Wildman–Crippen LogP) is 2.97. The van der Waals surface area contributed by atoms with E-state index in [1.807, 2.05) is 6.07 Å². The van der Waals surface area contributed by atoms with Gasteiger partial charge in [0.05, 0.1) is 34.0 Å². The van der Waals surface area contributed by atoms with Crippen LogP contribution < -0.4 is 24.4 Å². The minimum absolute atomic E-state index is 0.162. The van der Waals surface area contributed by atoms with Crippen molar-refractivity contribution >= 4 is 12.1 Å². The van der Waals surface area contributed by atoms with Gasteiger partial charge in [-0.1, -0.05) is 18.7 Å². The summed E-state index contributed by atoms with van der Waals surface area (Å²) in [4.78, 5) is 12.1. The number of amides is 1. The van der Waals surface area contributed by atoms with Crippen molar-refractivity contribution in [2.45, 2.75) is 6.42 Å². The predicted molar refractivity (Wildman–Crippen MR) is 108 cm³/mol. The summed E-state index contributed by atoms with van der Waals surface area (Å²) in [5, 5.41) is 3.99. The van der Waals surface area contributed by atoms with Gasteiger partial charge in [0.15, 0.2) is 23.0 Å². The number of rotatable bonds is 10. The number of ether oxygens (including phenoxy) is 4. The molecule has 0 fully saturated rings. The standard InChI is InChI=1S/C21H24N2O5/c1-5-10-28-18-9-7-16(12-20(18)27-4)14-22-23-21(24)13-15-6-8-17(25-2)19(11-15)26-3/h5-9,11-12,14H,1,10,13H2,2-4H3,(H,23,24)/b22-14+. The highest BCUT2D eigenvalue weighted by Gasteiger charge is 2.08. The number of hydrazone groups is 1. The zero-order chi connectivity index (χ0) is 20.4. The first kappa shape index (κ1) is 20.8. The maximum Gasteiger partial charge on any atom is 0.244 e. The van der Waals surface area contributed by atoms with E-state index in [1.165, 1.54) is 6.21 Å². The maximum absolute atomic E-state index is 12.1. The first-order valence-corrected chi connectivity index (χ1v) is 8.55. The summed E-state index contributed by atoms with van der Waals surface area (Å²) in [6.07, 6.45) is 3.35. The Bertz CT molecular complexity index is 849. The van der Waals surface area contributed by atoms with Crippen LogP contribution in [0.25, 0.3) is 0 Å². The Morgan fingerprint density at radius 3 is 2.36 bits per heavy atom. The Labute approximate surface area is 164 Å². The summed E-state index contributed by atoms with van der Waals surface area (Å²) < 4.78 is 21.2. The van der Waals surface area contributed by atoms with Crippen LogP contribution in [0.3, 0.4) is 0 Å². The van der Waals surface area contributed by atoms with Gasteiger partial charge in [0, 0.05) is 0 Å². The van der Waals surface area contributed by atoms with Gasteiger partial charge in [-0.2, -0.15) is 5.10 Å². The highest BCUT2D eigenvalue weighted by Crippen LogP contribution is 2.28. The second-order valence-electron chi connectivity index (χ2n) is 5.67. The van der Waals surface area contributed by atoms with Gasteiger partial charge in [0.1, 0.15) is 6.61 Å². The molecule has 7 nitrogen and oxygen atoms in total. The van der Waals surface area contributed by atoms with Crippen LogP contribution in [0.15, 0.2) is 54.2 Å². The monoisotopic (exact) mass is 384 g/mol. The third-order valence-corrected chi connectivity index (χ3v) is 3.76. The Morgan fingerprint density at radius 1 is 1.00 bits per heavy atom. The fraction of sp³-hybridized carbons (Fsp3) is 0.238. The molecule has 28 heavy (non-hydrogen) atoms. The topological polar surface area (TPSA) is 78.4 Å². The number of hydrogen-bond acceptors (Lipinski definition) is 6. The second kappa shape index (κ2) is 10.6. The van der Waals surface area contributed by atoms with E-state index in [2.05, 4.69) is 17.1 Å². The Kier molecular flexibility index (Phi) is 7.90. The molecule has 1 amide bonds. The van der Waals surface area contributed by atoms with Gasteiger partial charge >= 0.3 is 0 Å². The van der Waals surface area contributed by atoms with Crippen LogP contribution >= 0.6 is 0 Å². The van der Waals surface area contributed by atoms with E-state index in [-0.39, 0.29) is 12.3 Å². The normalized spacial score (nSPS) is 10.4. The van der Waals surface area contributed by atoms with Crippen LogP contribution in [0, 0.1) is 0 Å². The van der Waals surface area contributed by atoms with Gasteiger partial charge in [0.2, 0.25) is 5.91 Å². The lowest BCUT2D eigenvalue weighted by Crippen LogP contribution is -2.19. The third-order valence-electron chi connectivity index (χ3n) is 3.76. The molecular weight excluding hydrogens is 360 g/mol. The number of benzene rings is 2. The average Bonchev–Trinajstić information content (AvgIpc) is 2.72. The Hall–Kier alpha value is -3.48. The lowest BCUT2D eigenvalue weighted by Gasteiger charge is -2.09. The van der Waals surface area contributed by atoms with Crippen LogP contribution in [0.1, 0.15) is 11.1 Å². The Morgan fingerprint density at radius 2 is 1.68 bits per heavy atom. The SMILES string of the molecule is C=CCOc1ccc(/C=N/NC(=O)Cc2ccc(OC)c(OC)c2)cc1OC. The maximum atomic E-state index is 12.1. The number of nitrogens with one attached hydrogen (secondary N) is 1. The summed E-state index contributed by atoms with van der Waals surface area (Å²) in [6.45, 7) is 4.00. The van der Waals surface area contributed by atoms with Crippen molar-refractivity contribution in [2.24, 2.45) is 5.10 Å². The highest BCUT2D eigenvalue weighted by atomic mass is 16.5. The number of carbonyl (C=O) groups is 1. The molecule has 0 aliphatic carbocycles. The van der Waals surface area contributed by atoms with Crippen LogP contribution in [0.2, 0.25) is 0 Å². The summed E-state index contributed by atoms with van der Waals surface area (Å²) >= 11 is 0. The summed E-state index contributed by atoms with van der Waals surface area (Å²) in [7, 11) is 4.67. The molecule has 0 atom stereocenters. The van der Waals surface area contributed by atoms with Crippen molar-refractivity contribution in [3.63, 3.8) is 0 Å². The molecule has 148 valence electrons. The molecule has 0 aromatic heterocycles. The first-order chi connectivity index (χ1) is 13.6. The number of carbonyl (C=O) groups excluding carboxylic acids is 1. The van der Waals surface area contributed by atoms with Gasteiger partial charge < -0.3 is 18.9 Å². The zero-order valence-electron chi connectivity index (χ0n) is 16.2. The largest absolute Gasteiger partial charge is 0.493 e. The fourth-order valence-electron chi connectivity index (χ4n) is 2.43. The number of nitrogens with zero attached hydrogens (tertiary/aromatic N) is 1. The molecule has 0 aliphatic heterocycles. The van der Waals surface area contributed by atoms with Crippen molar-refractivity contribution in [3.8, 4) is 23.0 Å². The summed E-state index contributed by atoms with van der Waals surface area (Å²) in [5.41, 5.74) is 4.05. The van der Waals surface area contributed by atoms with E-state index in [0.717, 1.165) is 11.1 Å². The van der Waals surface area contributed by atoms with Gasteiger partial charge in [0.25, 0.3) is 0 Å². The van der Waals surface area contributed by atoms with Crippen LogP contribution in [0.5, 0.6) is 23.0 Å². The van der Waals surface area contributed by atoms with E-state index in [9.17, 15) is 4.79 Å². The van der Waals surface area contributed by atoms with Gasteiger partial charge in [-0.05, 0) is 41.5 Å². The van der Waals surface area contributed by atoms with Crippen molar-refractivity contribution in [3.05, 3.63) is 60.2 Å². The smallest absolute Gasteiger partial charge is 0.244 e. The molecule has 0 saturated heterocycles. The Balaban J connectivity index is 1.96. The van der Waals surface area contributed by atoms with Crippen LogP contribution in [-0.2, 0) is 11.2 Å². The molecule has 0 radical (unpaired) electrons. The quantitative estimate of drug-likeness (QED) is 0.387. The van der Waals surface area contributed by atoms with E-state index >= 15 is 0 Å². The molecule has 0 spiro atoms. The lowest BCUT2D eigenvalue weighted by molar-refractivity contribution is -0.120. The molecule has 0 aliphatic rings. The number of hydrogen-bond donors (Lipinski definition) is 1. The molecule has 1 N–H and O–H groups in total. The molecule has 0 unspecified atom stereocenters. The van der Waals surface area contributed by atoms with E-state index in [1.54, 1.807) is 57.7 Å². The van der Waals surface area contributed by atoms with Crippen LogP contribution in [-0.4, -0.2) is 40.1 Å². The average molecular weight is 384 g/mol. The summed E-state index contributed by atoms with van der Waals surface area (Å²) in [6, 6.07) is 10.7. The van der Waals surface area contributed by atoms with Crippen molar-refractivity contribution in [1.29, 1.82) is 0 Å². The van der Waals surface area contributed by atoms with Crippen molar-refractivity contribution in [2.75, 3.05) is 27.9 Å². The minimum Gasteiger partial charge on any atom is -0.493 e. The van der Waals surface area contributed by atoms with Gasteiger partial charge in [-0.25, -0.2) is 5.43 Å². The molecule has 0 saturated carbocycles. The molecule has 2 aromatic carbocycles. The second-order valence-corrected chi connectivity index (χ2v) is 5.67. The molecule has 0 bridgehead atoms. The fourth-order valence-corrected chi connectivity index (χ4v) is 2.43. The van der Waals surface area contributed by atoms with Crippen LogP contribution in [0.4, 0.5) is 0 Å². The molecule has 2 rings (SSSR count). The molecule has 2 aromatic rings. The number of methoxy groups -OCH3 is 3.